The largest absolute Gasteiger partial charge is 0.453 e. The number of rotatable bonds is 2. The van der Waals surface area contributed by atoms with E-state index in [0.717, 1.165) is 16.8 Å². The van der Waals surface area contributed by atoms with E-state index in [-0.39, 0.29) is 4.90 Å². The van der Waals surface area contributed by atoms with Crippen LogP contribution in [0, 0.1) is 0 Å². The molecule has 4 aromatic rings. The monoisotopic (exact) mass is 363 g/mol. The lowest BCUT2D eigenvalue weighted by molar-refractivity contribution is 0.474. The van der Waals surface area contributed by atoms with Gasteiger partial charge in [-0.2, -0.15) is 0 Å². The van der Waals surface area contributed by atoms with E-state index < -0.39 is 10.0 Å². The summed E-state index contributed by atoms with van der Waals surface area (Å²) >= 11 is 0. The molecule has 0 atom stereocenters. The molecule has 6 nitrogen and oxygen atoms in total. The van der Waals surface area contributed by atoms with E-state index in [2.05, 4.69) is 0 Å². The van der Waals surface area contributed by atoms with Gasteiger partial charge in [-0.05, 0) is 18.2 Å². The summed E-state index contributed by atoms with van der Waals surface area (Å²) in [5.41, 5.74) is 3.00. The van der Waals surface area contributed by atoms with Gasteiger partial charge in [-0.3, -0.25) is 4.57 Å². The maximum atomic E-state index is 11.9. The predicted octanol–water partition coefficient (Wildman–Crippen LogP) is 3.45. The Kier molecular flexibility index (Phi) is 3.01. The van der Waals surface area contributed by atoms with Crippen LogP contribution in [0.25, 0.3) is 28.1 Å². The van der Waals surface area contributed by atoms with E-state index >= 15 is 0 Å². The molecule has 1 aliphatic heterocycles. The summed E-state index contributed by atoms with van der Waals surface area (Å²) in [6.45, 7) is 0. The number of sulfonamides is 1. The number of hydrogen-bond donors (Lipinski definition) is 1. The molecule has 2 N–H and O–H groups in total. The number of fused-ring (bicyclic) bond motifs is 2. The van der Waals surface area contributed by atoms with Crippen molar-refractivity contribution in [2.24, 2.45) is 5.14 Å². The van der Waals surface area contributed by atoms with E-state index in [1.165, 1.54) is 12.1 Å². The number of primary sulfonamides is 1. The maximum Gasteiger partial charge on any atom is 0.238 e. The van der Waals surface area contributed by atoms with E-state index in [9.17, 15) is 8.42 Å². The first-order chi connectivity index (χ1) is 12.5. The highest BCUT2D eigenvalue weighted by atomic mass is 32.2. The van der Waals surface area contributed by atoms with Crippen LogP contribution >= 0.6 is 0 Å². The highest BCUT2D eigenvalue weighted by Gasteiger charge is 2.26. The van der Waals surface area contributed by atoms with Crippen molar-refractivity contribution in [3.05, 3.63) is 66.7 Å². The number of ether oxygens (including phenoxy) is 1. The van der Waals surface area contributed by atoms with Crippen LogP contribution in [-0.4, -0.2) is 18.0 Å². The first kappa shape index (κ1) is 15.1. The van der Waals surface area contributed by atoms with Gasteiger partial charge in [0, 0.05) is 11.6 Å². The molecular weight excluding hydrogens is 350 g/mol. The molecule has 1 aromatic heterocycles. The third-order valence-corrected chi connectivity index (χ3v) is 5.27. The van der Waals surface area contributed by atoms with Crippen molar-refractivity contribution in [3.63, 3.8) is 0 Å². The van der Waals surface area contributed by atoms with Crippen LogP contribution in [0.15, 0.2) is 71.6 Å². The molecule has 0 aliphatic carbocycles. The summed E-state index contributed by atoms with van der Waals surface area (Å²) in [5, 5.41) is 5.32. The smallest absolute Gasteiger partial charge is 0.238 e. The molecule has 2 heterocycles. The topological polar surface area (TPSA) is 87.2 Å². The van der Waals surface area contributed by atoms with Crippen molar-refractivity contribution in [2.45, 2.75) is 4.90 Å². The Morgan fingerprint density at radius 1 is 0.923 bits per heavy atom. The molecule has 0 unspecified atom stereocenters. The zero-order chi connectivity index (χ0) is 17.9. The molecular formula is C19H13N3O3S. The summed E-state index contributed by atoms with van der Waals surface area (Å²) in [4.78, 5) is 4.67. The van der Waals surface area contributed by atoms with Gasteiger partial charge in [-0.1, -0.05) is 42.5 Å². The predicted molar refractivity (Wildman–Crippen MR) is 98.0 cm³/mol. The number of benzene rings is 3. The third kappa shape index (κ3) is 2.15. The van der Waals surface area contributed by atoms with Crippen molar-refractivity contribution in [1.82, 2.24) is 9.55 Å². The summed E-state index contributed by atoms with van der Waals surface area (Å²) in [6, 6.07) is 20.2. The van der Waals surface area contributed by atoms with Crippen molar-refractivity contribution in [2.75, 3.05) is 0 Å². The number of para-hydroxylation sites is 2. The standard InChI is InChI=1S/C19H13N3O3S/c20-26(23,24)13-10-14-18-17(11-13)25-16-9-5-4-8-15(16)22(18)19(21-14)12-6-2-1-3-7-12/h1-11H,(H2,20,23,24). The fourth-order valence-corrected chi connectivity index (χ4v) is 3.80. The zero-order valence-electron chi connectivity index (χ0n) is 13.5. The van der Waals surface area contributed by atoms with Gasteiger partial charge < -0.3 is 4.74 Å². The molecule has 128 valence electrons. The van der Waals surface area contributed by atoms with Gasteiger partial charge in [0.1, 0.15) is 11.3 Å². The summed E-state index contributed by atoms with van der Waals surface area (Å²) in [5.74, 6) is 1.76. The average Bonchev–Trinajstić information content (AvgIpc) is 3.03. The average molecular weight is 363 g/mol. The fraction of sp³-hybridized carbons (Fsp3) is 0. The zero-order valence-corrected chi connectivity index (χ0v) is 14.3. The van der Waals surface area contributed by atoms with Gasteiger partial charge in [0.2, 0.25) is 10.0 Å². The van der Waals surface area contributed by atoms with Gasteiger partial charge in [0.05, 0.1) is 16.1 Å². The Balaban J connectivity index is 1.94. The van der Waals surface area contributed by atoms with Gasteiger partial charge in [0.25, 0.3) is 0 Å². The minimum atomic E-state index is -3.88. The highest BCUT2D eigenvalue weighted by Crippen LogP contribution is 2.44. The van der Waals surface area contributed by atoms with Crippen molar-refractivity contribution in [1.29, 1.82) is 0 Å². The summed E-state index contributed by atoms with van der Waals surface area (Å²) in [7, 11) is -3.88. The molecule has 0 amide bonds. The quantitative estimate of drug-likeness (QED) is 0.520. The number of imidazole rings is 1. The number of hydrogen-bond acceptors (Lipinski definition) is 4. The van der Waals surface area contributed by atoms with Crippen LogP contribution in [-0.2, 0) is 10.0 Å². The van der Waals surface area contributed by atoms with Gasteiger partial charge in [-0.25, -0.2) is 18.5 Å². The Hall–Kier alpha value is -3.16. The molecule has 0 saturated heterocycles. The highest BCUT2D eigenvalue weighted by molar-refractivity contribution is 7.89. The first-order valence-electron chi connectivity index (χ1n) is 7.94. The molecule has 3 aromatic carbocycles. The number of nitrogens with zero attached hydrogens (tertiary/aromatic N) is 2. The van der Waals surface area contributed by atoms with Crippen molar-refractivity contribution < 1.29 is 13.2 Å². The van der Waals surface area contributed by atoms with E-state index in [0.29, 0.717) is 22.8 Å². The fourth-order valence-electron chi connectivity index (χ4n) is 3.25. The van der Waals surface area contributed by atoms with Gasteiger partial charge in [0.15, 0.2) is 11.5 Å². The van der Waals surface area contributed by atoms with Crippen LogP contribution in [0.3, 0.4) is 0 Å². The second kappa shape index (κ2) is 5.17. The maximum absolute atomic E-state index is 11.9. The van der Waals surface area contributed by atoms with Crippen molar-refractivity contribution in [3.8, 4) is 28.6 Å². The molecule has 0 bridgehead atoms. The molecule has 7 heteroatoms. The second-order valence-electron chi connectivity index (χ2n) is 6.04. The van der Waals surface area contributed by atoms with Crippen LogP contribution < -0.4 is 9.88 Å². The molecule has 5 rings (SSSR count). The van der Waals surface area contributed by atoms with Gasteiger partial charge >= 0.3 is 0 Å². The Morgan fingerprint density at radius 3 is 2.42 bits per heavy atom. The molecule has 0 radical (unpaired) electrons. The first-order valence-corrected chi connectivity index (χ1v) is 9.49. The van der Waals surface area contributed by atoms with E-state index in [1.54, 1.807) is 0 Å². The molecule has 0 spiro atoms. The third-order valence-electron chi connectivity index (χ3n) is 4.38. The normalized spacial score (nSPS) is 12.7. The van der Waals surface area contributed by atoms with Crippen LogP contribution in [0.4, 0.5) is 0 Å². The Morgan fingerprint density at radius 2 is 1.65 bits per heavy atom. The number of nitrogens with two attached hydrogens (primary N) is 1. The van der Waals surface area contributed by atoms with E-state index in [4.69, 9.17) is 14.9 Å². The molecule has 0 fully saturated rings. The lowest BCUT2D eigenvalue weighted by Gasteiger charge is -2.21. The van der Waals surface area contributed by atoms with Crippen LogP contribution in [0.5, 0.6) is 11.5 Å². The lowest BCUT2D eigenvalue weighted by atomic mass is 10.2. The Labute approximate surface area is 149 Å². The molecule has 26 heavy (non-hydrogen) atoms. The minimum Gasteiger partial charge on any atom is -0.453 e. The Bertz CT molecular complexity index is 1280. The molecule has 1 aliphatic rings. The number of aromatic nitrogens is 2. The van der Waals surface area contributed by atoms with Crippen LogP contribution in [0.2, 0.25) is 0 Å². The minimum absolute atomic E-state index is 0.0244. The summed E-state index contributed by atoms with van der Waals surface area (Å²) in [6.07, 6.45) is 0. The lowest BCUT2D eigenvalue weighted by Crippen LogP contribution is -2.13. The van der Waals surface area contributed by atoms with Crippen LogP contribution in [0.1, 0.15) is 0 Å². The van der Waals surface area contributed by atoms with E-state index in [1.807, 2.05) is 59.2 Å². The van der Waals surface area contributed by atoms with Crippen molar-refractivity contribution >= 4 is 21.1 Å². The second-order valence-corrected chi connectivity index (χ2v) is 7.60. The summed E-state index contributed by atoms with van der Waals surface area (Å²) < 4.78 is 31.7. The SMILES string of the molecule is NS(=O)(=O)c1cc2c3c(c1)nc(-c1ccccc1)n3-c1ccccc1O2. The molecule has 0 saturated carbocycles. The van der Waals surface area contributed by atoms with Gasteiger partial charge in [-0.15, -0.1) is 0 Å².